The van der Waals surface area contributed by atoms with E-state index in [-0.39, 0.29) is 24.1 Å². The summed E-state index contributed by atoms with van der Waals surface area (Å²) in [6.45, 7) is 6.20. The van der Waals surface area contributed by atoms with Crippen molar-refractivity contribution >= 4 is 28.9 Å². The number of rotatable bonds is 4. The second-order valence-corrected chi connectivity index (χ2v) is 8.87. The van der Waals surface area contributed by atoms with Gasteiger partial charge in [-0.15, -0.1) is 0 Å². The molecule has 2 unspecified atom stereocenters. The molecule has 0 bridgehead atoms. The molecule has 2 aromatic heterocycles. The average molecular weight is 442 g/mol. The predicted octanol–water partition coefficient (Wildman–Crippen LogP) is 5.14. The van der Waals surface area contributed by atoms with E-state index in [1.54, 1.807) is 6.20 Å². The largest absolute Gasteiger partial charge is 0.361 e. The highest BCUT2D eigenvalue weighted by Crippen LogP contribution is 2.42. The summed E-state index contributed by atoms with van der Waals surface area (Å²) in [5.41, 5.74) is 4.75. The van der Waals surface area contributed by atoms with Gasteiger partial charge in [-0.25, -0.2) is 14.4 Å². The highest BCUT2D eigenvalue weighted by Gasteiger charge is 2.31. The summed E-state index contributed by atoms with van der Waals surface area (Å²) in [7, 11) is 0. The third kappa shape index (κ3) is 3.48. The highest BCUT2D eigenvalue weighted by molar-refractivity contribution is 6.33. The number of hydrogen-bond acceptors (Lipinski definition) is 6. The molecular formula is C22H25ClFN7. The van der Waals surface area contributed by atoms with E-state index in [9.17, 15) is 4.39 Å². The van der Waals surface area contributed by atoms with Crippen LogP contribution >= 0.6 is 11.6 Å². The van der Waals surface area contributed by atoms with E-state index in [2.05, 4.69) is 49.5 Å². The van der Waals surface area contributed by atoms with Gasteiger partial charge in [-0.05, 0) is 57.7 Å². The highest BCUT2D eigenvalue weighted by atomic mass is 35.5. The SMILES string of the molecule is CC(C)N1c2cc(-c3nc(NC4CCCc5cn[nH]c54)ncc3Cl)cc(F)c2NC1C. The smallest absolute Gasteiger partial charge is 0.223 e. The summed E-state index contributed by atoms with van der Waals surface area (Å²) in [6, 6.07) is 3.69. The number of benzene rings is 1. The van der Waals surface area contributed by atoms with Gasteiger partial charge in [0.15, 0.2) is 0 Å². The molecule has 9 heteroatoms. The Kier molecular flexibility index (Phi) is 4.97. The van der Waals surface area contributed by atoms with E-state index in [1.807, 2.05) is 19.2 Å². The second kappa shape index (κ2) is 7.67. The number of nitrogens with one attached hydrogen (secondary N) is 3. The minimum atomic E-state index is -0.318. The van der Waals surface area contributed by atoms with Crippen molar-refractivity contribution in [1.82, 2.24) is 20.2 Å². The van der Waals surface area contributed by atoms with Gasteiger partial charge < -0.3 is 15.5 Å². The summed E-state index contributed by atoms with van der Waals surface area (Å²) in [6.07, 6.45) is 6.49. The van der Waals surface area contributed by atoms with Crippen molar-refractivity contribution in [2.45, 2.75) is 58.3 Å². The fourth-order valence-electron chi connectivity index (χ4n) is 4.69. The molecule has 2 aliphatic rings. The molecule has 3 N–H and O–H groups in total. The molecule has 0 amide bonds. The Morgan fingerprint density at radius 2 is 2.13 bits per heavy atom. The Bertz CT molecular complexity index is 1130. The Morgan fingerprint density at radius 1 is 1.29 bits per heavy atom. The van der Waals surface area contributed by atoms with Crippen LogP contribution in [0.2, 0.25) is 5.02 Å². The Hall–Kier alpha value is -2.87. The van der Waals surface area contributed by atoms with Gasteiger partial charge >= 0.3 is 0 Å². The molecule has 31 heavy (non-hydrogen) atoms. The predicted molar refractivity (Wildman–Crippen MR) is 121 cm³/mol. The Morgan fingerprint density at radius 3 is 2.94 bits per heavy atom. The van der Waals surface area contributed by atoms with Crippen LogP contribution in [0.15, 0.2) is 24.5 Å². The number of aromatic amines is 1. The standard InChI is InChI=1S/C22H25ClFN7/c1-11(2)31-12(3)27-21-16(24)7-14(8-18(21)31)19-15(23)10-25-22(29-19)28-17-6-4-5-13-9-26-30-20(13)17/h7-12,17,27H,4-6H2,1-3H3,(H,26,30)(H,25,28,29). The van der Waals surface area contributed by atoms with Gasteiger partial charge in [0.05, 0.1) is 52.4 Å². The van der Waals surface area contributed by atoms with Gasteiger partial charge in [-0.1, -0.05) is 11.6 Å². The number of fused-ring (bicyclic) bond motifs is 2. The molecule has 0 saturated carbocycles. The van der Waals surface area contributed by atoms with Gasteiger partial charge in [-0.2, -0.15) is 5.10 Å². The molecule has 1 aliphatic carbocycles. The van der Waals surface area contributed by atoms with E-state index in [0.29, 0.717) is 27.9 Å². The molecule has 0 radical (unpaired) electrons. The third-order valence-electron chi connectivity index (χ3n) is 6.03. The maximum absolute atomic E-state index is 15.0. The number of aryl methyl sites for hydroxylation is 1. The van der Waals surface area contributed by atoms with Crippen molar-refractivity contribution in [3.63, 3.8) is 0 Å². The molecule has 1 aromatic carbocycles. The molecule has 2 atom stereocenters. The van der Waals surface area contributed by atoms with Gasteiger partial charge in [0.1, 0.15) is 5.82 Å². The minimum absolute atomic E-state index is 0.00718. The van der Waals surface area contributed by atoms with Crippen molar-refractivity contribution in [2.24, 2.45) is 0 Å². The molecule has 5 rings (SSSR count). The molecule has 1 aliphatic heterocycles. The molecular weight excluding hydrogens is 417 g/mol. The van der Waals surface area contributed by atoms with Crippen molar-refractivity contribution in [3.8, 4) is 11.3 Å². The number of halogens is 2. The lowest BCUT2D eigenvalue weighted by molar-refractivity contribution is 0.584. The average Bonchev–Trinajstić information content (AvgIpc) is 3.34. The third-order valence-corrected chi connectivity index (χ3v) is 6.31. The van der Waals surface area contributed by atoms with Crippen LogP contribution in [-0.4, -0.2) is 32.4 Å². The molecule has 0 spiro atoms. The lowest BCUT2D eigenvalue weighted by atomic mass is 9.94. The van der Waals surface area contributed by atoms with Crippen molar-refractivity contribution in [2.75, 3.05) is 15.5 Å². The van der Waals surface area contributed by atoms with Crippen LogP contribution in [0.3, 0.4) is 0 Å². The van der Waals surface area contributed by atoms with Crippen LogP contribution in [0.5, 0.6) is 0 Å². The normalized spacial score (nSPS) is 19.9. The first-order valence-corrected chi connectivity index (χ1v) is 11.0. The van der Waals surface area contributed by atoms with Crippen LogP contribution in [-0.2, 0) is 6.42 Å². The van der Waals surface area contributed by atoms with Crippen molar-refractivity contribution in [3.05, 3.63) is 46.6 Å². The first-order chi connectivity index (χ1) is 14.9. The van der Waals surface area contributed by atoms with Gasteiger partial charge in [-0.3, -0.25) is 5.10 Å². The zero-order valence-electron chi connectivity index (χ0n) is 17.7. The first kappa shape index (κ1) is 20.1. The topological polar surface area (TPSA) is 81.8 Å². The summed E-state index contributed by atoms with van der Waals surface area (Å²) in [4.78, 5) is 11.2. The fourth-order valence-corrected chi connectivity index (χ4v) is 4.89. The van der Waals surface area contributed by atoms with E-state index in [4.69, 9.17) is 11.6 Å². The quantitative estimate of drug-likeness (QED) is 0.520. The number of anilines is 3. The summed E-state index contributed by atoms with van der Waals surface area (Å²) in [5.74, 6) is 0.140. The van der Waals surface area contributed by atoms with E-state index in [0.717, 1.165) is 30.6 Å². The summed E-state index contributed by atoms with van der Waals surface area (Å²) >= 11 is 6.45. The molecule has 0 fully saturated rings. The molecule has 3 aromatic rings. The zero-order valence-corrected chi connectivity index (χ0v) is 18.5. The van der Waals surface area contributed by atoms with Crippen LogP contribution in [0.25, 0.3) is 11.3 Å². The molecule has 0 saturated heterocycles. The maximum atomic E-state index is 15.0. The van der Waals surface area contributed by atoms with Crippen molar-refractivity contribution in [1.29, 1.82) is 0 Å². The monoisotopic (exact) mass is 441 g/mol. The fraction of sp³-hybridized carbons (Fsp3) is 0.409. The van der Waals surface area contributed by atoms with Gasteiger partial charge in [0.25, 0.3) is 0 Å². The van der Waals surface area contributed by atoms with Gasteiger partial charge in [0, 0.05) is 11.6 Å². The van der Waals surface area contributed by atoms with E-state index in [1.165, 1.54) is 11.6 Å². The van der Waals surface area contributed by atoms with Crippen LogP contribution in [0.4, 0.5) is 21.7 Å². The lowest BCUT2D eigenvalue weighted by Crippen LogP contribution is -2.38. The number of aromatic nitrogens is 4. The summed E-state index contributed by atoms with van der Waals surface area (Å²) in [5, 5.41) is 14.3. The number of hydrogen-bond donors (Lipinski definition) is 3. The molecule has 7 nitrogen and oxygen atoms in total. The second-order valence-electron chi connectivity index (χ2n) is 8.46. The van der Waals surface area contributed by atoms with E-state index < -0.39 is 0 Å². The Labute approximate surface area is 185 Å². The Balaban J connectivity index is 1.50. The lowest BCUT2D eigenvalue weighted by Gasteiger charge is -2.28. The van der Waals surface area contributed by atoms with Crippen LogP contribution < -0.4 is 15.5 Å². The van der Waals surface area contributed by atoms with Crippen molar-refractivity contribution < 1.29 is 4.39 Å². The maximum Gasteiger partial charge on any atom is 0.223 e. The van der Waals surface area contributed by atoms with Gasteiger partial charge in [0.2, 0.25) is 5.95 Å². The van der Waals surface area contributed by atoms with Crippen LogP contribution in [0.1, 0.15) is 50.9 Å². The first-order valence-electron chi connectivity index (χ1n) is 10.6. The minimum Gasteiger partial charge on any atom is -0.361 e. The zero-order chi connectivity index (χ0) is 21.7. The number of nitrogens with zero attached hydrogens (tertiary/aromatic N) is 4. The van der Waals surface area contributed by atoms with Crippen LogP contribution in [0, 0.1) is 5.82 Å². The molecule has 3 heterocycles. The summed E-state index contributed by atoms with van der Waals surface area (Å²) < 4.78 is 15.0. The van der Waals surface area contributed by atoms with E-state index >= 15 is 0 Å². The molecule has 162 valence electrons. The number of H-pyrrole nitrogens is 1.